The van der Waals surface area contributed by atoms with Gasteiger partial charge >= 0.3 is 11.9 Å². The van der Waals surface area contributed by atoms with Crippen LogP contribution in [0.5, 0.6) is 5.75 Å². The van der Waals surface area contributed by atoms with E-state index in [1.807, 2.05) is 13.0 Å². The molecular formula is C22H21NO7. The summed E-state index contributed by atoms with van der Waals surface area (Å²) in [5, 5.41) is 3.41. The van der Waals surface area contributed by atoms with Crippen LogP contribution in [0.1, 0.15) is 43.8 Å². The molecule has 1 heterocycles. The Bertz CT molecular complexity index is 1100. The molecule has 8 heteroatoms. The third-order valence-electron chi connectivity index (χ3n) is 4.46. The van der Waals surface area contributed by atoms with E-state index in [1.165, 1.54) is 32.4 Å². The first-order valence-corrected chi connectivity index (χ1v) is 9.17. The Balaban J connectivity index is 1.96. The summed E-state index contributed by atoms with van der Waals surface area (Å²) >= 11 is 0. The predicted molar refractivity (Wildman–Crippen MR) is 109 cm³/mol. The number of aryl methyl sites for hydroxylation is 1. The first-order valence-electron chi connectivity index (χ1n) is 9.17. The molecule has 0 saturated heterocycles. The van der Waals surface area contributed by atoms with Gasteiger partial charge in [0, 0.05) is 16.6 Å². The number of nitrogens with one attached hydrogen (secondary N) is 1. The van der Waals surface area contributed by atoms with Crippen molar-refractivity contribution in [3.63, 3.8) is 0 Å². The molecule has 0 bridgehead atoms. The number of carbonyl (C=O) groups excluding carboxylic acids is 3. The molecule has 3 aromatic rings. The molecule has 1 aromatic heterocycles. The van der Waals surface area contributed by atoms with Gasteiger partial charge in [0.2, 0.25) is 0 Å². The lowest BCUT2D eigenvalue weighted by Gasteiger charge is -2.09. The average molecular weight is 411 g/mol. The smallest absolute Gasteiger partial charge is 0.337 e. The molecule has 1 N–H and O–H groups in total. The number of esters is 2. The zero-order valence-electron chi connectivity index (χ0n) is 17.0. The number of benzene rings is 2. The molecule has 0 unspecified atom stereocenters. The van der Waals surface area contributed by atoms with E-state index in [4.69, 9.17) is 18.6 Å². The Hall–Kier alpha value is -3.81. The summed E-state index contributed by atoms with van der Waals surface area (Å²) in [5.41, 5.74) is 1.59. The van der Waals surface area contributed by atoms with Crippen LogP contribution < -0.4 is 10.1 Å². The lowest BCUT2D eigenvalue weighted by molar-refractivity contribution is 0.0599. The van der Waals surface area contributed by atoms with Gasteiger partial charge in [-0.2, -0.15) is 0 Å². The predicted octanol–water partition coefficient (Wildman–Crippen LogP) is 3.97. The molecule has 0 fully saturated rings. The van der Waals surface area contributed by atoms with Crippen LogP contribution in [0.4, 0.5) is 5.69 Å². The van der Waals surface area contributed by atoms with Gasteiger partial charge in [-0.05, 0) is 50.2 Å². The van der Waals surface area contributed by atoms with Crippen LogP contribution in [-0.2, 0) is 9.47 Å². The molecular weight excluding hydrogens is 390 g/mol. The summed E-state index contributed by atoms with van der Waals surface area (Å²) in [6.45, 7) is 4.17. The van der Waals surface area contributed by atoms with Gasteiger partial charge in [0.25, 0.3) is 5.91 Å². The molecule has 0 aliphatic heterocycles. The zero-order valence-corrected chi connectivity index (χ0v) is 17.0. The van der Waals surface area contributed by atoms with E-state index in [2.05, 4.69) is 5.32 Å². The summed E-state index contributed by atoms with van der Waals surface area (Å²) in [5.74, 6) is -1.05. The zero-order chi connectivity index (χ0) is 21.8. The highest BCUT2D eigenvalue weighted by Crippen LogP contribution is 2.29. The lowest BCUT2D eigenvalue weighted by atomic mass is 10.1. The van der Waals surface area contributed by atoms with Gasteiger partial charge in [-0.1, -0.05) is 0 Å². The van der Waals surface area contributed by atoms with Crippen LogP contribution in [0.15, 0.2) is 40.8 Å². The maximum absolute atomic E-state index is 12.8. The summed E-state index contributed by atoms with van der Waals surface area (Å²) in [6.07, 6.45) is 0. The number of furan rings is 1. The van der Waals surface area contributed by atoms with E-state index in [-0.39, 0.29) is 22.6 Å². The van der Waals surface area contributed by atoms with Crippen molar-refractivity contribution in [2.75, 3.05) is 26.1 Å². The molecule has 2 aromatic carbocycles. The molecule has 0 spiro atoms. The second-order valence-electron chi connectivity index (χ2n) is 6.38. The Labute approximate surface area is 172 Å². The fraction of sp³-hybridized carbons (Fsp3) is 0.227. The number of amides is 1. The second kappa shape index (κ2) is 8.69. The van der Waals surface area contributed by atoms with Crippen molar-refractivity contribution in [3.05, 3.63) is 58.8 Å². The maximum atomic E-state index is 12.8. The van der Waals surface area contributed by atoms with Crippen LogP contribution >= 0.6 is 0 Å². The number of rotatable bonds is 6. The molecule has 156 valence electrons. The highest BCUT2D eigenvalue weighted by atomic mass is 16.5. The summed E-state index contributed by atoms with van der Waals surface area (Å²) < 4.78 is 20.6. The van der Waals surface area contributed by atoms with E-state index in [0.29, 0.717) is 23.5 Å². The van der Waals surface area contributed by atoms with E-state index >= 15 is 0 Å². The first-order chi connectivity index (χ1) is 14.4. The minimum absolute atomic E-state index is 0.0957. The van der Waals surface area contributed by atoms with Crippen LogP contribution in [0.3, 0.4) is 0 Å². The van der Waals surface area contributed by atoms with Crippen molar-refractivity contribution < 1.29 is 33.0 Å². The van der Waals surface area contributed by atoms with Crippen molar-refractivity contribution in [1.82, 2.24) is 0 Å². The van der Waals surface area contributed by atoms with E-state index in [1.54, 1.807) is 19.1 Å². The monoisotopic (exact) mass is 411 g/mol. The van der Waals surface area contributed by atoms with Crippen molar-refractivity contribution in [2.45, 2.75) is 13.8 Å². The molecule has 30 heavy (non-hydrogen) atoms. The van der Waals surface area contributed by atoms with Gasteiger partial charge in [-0.25, -0.2) is 9.59 Å². The molecule has 8 nitrogen and oxygen atoms in total. The number of hydrogen-bond acceptors (Lipinski definition) is 7. The SMILES string of the molecule is CCOc1ccc2oc(C(=O)Nc3cc(C(=O)OC)cc(C(=O)OC)c3)c(C)c2c1. The number of carbonyl (C=O) groups is 3. The first kappa shape index (κ1) is 20.9. The molecule has 0 aliphatic rings. The normalized spacial score (nSPS) is 10.5. The lowest BCUT2D eigenvalue weighted by Crippen LogP contribution is -2.14. The van der Waals surface area contributed by atoms with Gasteiger partial charge in [0.1, 0.15) is 11.3 Å². The van der Waals surface area contributed by atoms with Crippen molar-refractivity contribution >= 4 is 34.5 Å². The molecule has 3 rings (SSSR count). The standard InChI is InChI=1S/C22H21NO7/c1-5-29-16-6-7-18-17(11-16)12(2)19(30-18)20(24)23-15-9-13(21(25)27-3)8-14(10-15)22(26)28-4/h6-11H,5H2,1-4H3,(H,23,24). The highest BCUT2D eigenvalue weighted by Gasteiger charge is 2.20. The summed E-state index contributed by atoms with van der Waals surface area (Å²) in [6, 6.07) is 9.44. The number of hydrogen-bond donors (Lipinski definition) is 1. The van der Waals surface area contributed by atoms with Gasteiger partial charge in [0.15, 0.2) is 5.76 Å². The number of fused-ring (bicyclic) bond motifs is 1. The Morgan fingerprint density at radius 3 is 2.17 bits per heavy atom. The van der Waals surface area contributed by atoms with Crippen LogP contribution in [0.2, 0.25) is 0 Å². The maximum Gasteiger partial charge on any atom is 0.337 e. The van der Waals surface area contributed by atoms with Crippen molar-refractivity contribution in [1.29, 1.82) is 0 Å². The third kappa shape index (κ3) is 4.12. The largest absolute Gasteiger partial charge is 0.494 e. The van der Waals surface area contributed by atoms with Gasteiger partial charge < -0.3 is 23.9 Å². The Morgan fingerprint density at radius 2 is 1.60 bits per heavy atom. The van der Waals surface area contributed by atoms with Gasteiger partial charge in [-0.3, -0.25) is 4.79 Å². The molecule has 0 atom stereocenters. The van der Waals surface area contributed by atoms with E-state index in [9.17, 15) is 14.4 Å². The fourth-order valence-corrected chi connectivity index (χ4v) is 3.03. The quantitative estimate of drug-likeness (QED) is 0.612. The van der Waals surface area contributed by atoms with E-state index < -0.39 is 17.8 Å². The highest BCUT2D eigenvalue weighted by molar-refractivity contribution is 6.07. The molecule has 1 amide bonds. The number of anilines is 1. The summed E-state index contributed by atoms with van der Waals surface area (Å²) in [7, 11) is 2.44. The topological polar surface area (TPSA) is 104 Å². The summed E-state index contributed by atoms with van der Waals surface area (Å²) in [4.78, 5) is 36.7. The average Bonchev–Trinajstić information content (AvgIpc) is 3.08. The molecule has 0 aliphatic carbocycles. The van der Waals surface area contributed by atoms with Gasteiger partial charge in [0.05, 0.1) is 32.0 Å². The van der Waals surface area contributed by atoms with Crippen molar-refractivity contribution in [3.8, 4) is 5.75 Å². The fourth-order valence-electron chi connectivity index (χ4n) is 3.03. The van der Waals surface area contributed by atoms with Gasteiger partial charge in [-0.15, -0.1) is 0 Å². The van der Waals surface area contributed by atoms with E-state index in [0.717, 1.165) is 5.39 Å². The second-order valence-corrected chi connectivity index (χ2v) is 6.38. The van der Waals surface area contributed by atoms with Crippen LogP contribution in [0.25, 0.3) is 11.0 Å². The molecule has 0 radical (unpaired) electrons. The van der Waals surface area contributed by atoms with Crippen molar-refractivity contribution in [2.24, 2.45) is 0 Å². The number of ether oxygens (including phenoxy) is 3. The minimum Gasteiger partial charge on any atom is -0.494 e. The minimum atomic E-state index is -0.653. The Morgan fingerprint density at radius 1 is 0.967 bits per heavy atom. The number of methoxy groups -OCH3 is 2. The molecule has 0 saturated carbocycles. The third-order valence-corrected chi connectivity index (χ3v) is 4.46. The van der Waals surface area contributed by atoms with Crippen LogP contribution in [-0.4, -0.2) is 38.7 Å². The Kier molecular flexibility index (Phi) is 6.06. The van der Waals surface area contributed by atoms with Crippen LogP contribution in [0, 0.1) is 6.92 Å².